The fourth-order valence-corrected chi connectivity index (χ4v) is 1.34. The molecule has 0 atom stereocenters. The largest absolute Gasteiger partial charge is 0.372 e. The number of hydrogen-bond acceptors (Lipinski definition) is 3. The molecule has 0 saturated carbocycles. The van der Waals surface area contributed by atoms with Crippen molar-refractivity contribution in [2.24, 2.45) is 0 Å². The number of aromatic nitrogens is 2. The Bertz CT molecular complexity index is 312. The number of nitrogens with one attached hydrogen (secondary N) is 1. The normalized spacial score (nSPS) is 11.5. The quantitative estimate of drug-likeness (QED) is 0.810. The van der Waals surface area contributed by atoms with E-state index < -0.39 is 3.79 Å². The molecule has 0 bridgehead atoms. The number of halogens is 4. The zero-order chi connectivity index (χ0) is 10.1. The first kappa shape index (κ1) is 11.3. The van der Waals surface area contributed by atoms with Gasteiger partial charge < -0.3 is 5.32 Å². The molecule has 0 radical (unpaired) electrons. The molecule has 72 valence electrons. The summed E-state index contributed by atoms with van der Waals surface area (Å²) >= 11 is 20.0. The van der Waals surface area contributed by atoms with Crippen LogP contribution < -0.4 is 5.32 Å². The Hall–Kier alpha value is 0.230. The lowest BCUT2D eigenvalue weighted by Gasteiger charge is -2.10. The smallest absolute Gasteiger partial charge is 0.250 e. The molecule has 1 heterocycles. The Kier molecular flexibility index (Phi) is 3.63. The van der Waals surface area contributed by atoms with E-state index >= 15 is 0 Å². The van der Waals surface area contributed by atoms with Gasteiger partial charge in [0.1, 0.15) is 5.82 Å². The molecular formula is C6H5BrCl3N3. The van der Waals surface area contributed by atoms with Gasteiger partial charge in [-0.1, -0.05) is 34.8 Å². The predicted octanol–water partition coefficient (Wildman–Crippen LogP) is 3.11. The third kappa shape index (κ3) is 2.84. The third-order valence-electron chi connectivity index (χ3n) is 1.23. The summed E-state index contributed by atoms with van der Waals surface area (Å²) in [4.78, 5) is 7.86. The third-order valence-corrected chi connectivity index (χ3v) is 2.32. The Morgan fingerprint density at radius 3 is 2.54 bits per heavy atom. The standard InChI is InChI=1S/C6H5BrCl3N3/c1-11-4-3(7)2-12-5(13-4)6(8,9)10/h2H,1H3,(H,11,12,13). The molecule has 0 amide bonds. The van der Waals surface area contributed by atoms with Crippen LogP contribution in [-0.4, -0.2) is 17.0 Å². The summed E-state index contributed by atoms with van der Waals surface area (Å²) in [5, 5.41) is 2.83. The van der Waals surface area contributed by atoms with Crippen molar-refractivity contribution in [1.29, 1.82) is 0 Å². The van der Waals surface area contributed by atoms with Gasteiger partial charge in [-0.05, 0) is 15.9 Å². The Morgan fingerprint density at radius 1 is 1.46 bits per heavy atom. The van der Waals surface area contributed by atoms with Crippen LogP contribution in [0.4, 0.5) is 5.82 Å². The van der Waals surface area contributed by atoms with E-state index in [4.69, 9.17) is 34.8 Å². The highest BCUT2D eigenvalue weighted by Gasteiger charge is 2.27. The minimum absolute atomic E-state index is 0.144. The number of anilines is 1. The summed E-state index contributed by atoms with van der Waals surface area (Å²) in [5.74, 6) is 0.723. The molecule has 0 aliphatic heterocycles. The van der Waals surface area contributed by atoms with E-state index in [0.717, 1.165) is 0 Å². The highest BCUT2D eigenvalue weighted by Crippen LogP contribution is 2.36. The number of alkyl halides is 3. The van der Waals surface area contributed by atoms with E-state index in [1.807, 2.05) is 0 Å². The maximum atomic E-state index is 5.60. The van der Waals surface area contributed by atoms with Crippen LogP contribution in [0.25, 0.3) is 0 Å². The molecule has 0 spiro atoms. The van der Waals surface area contributed by atoms with E-state index in [2.05, 4.69) is 31.2 Å². The molecular weight excluding hydrogens is 300 g/mol. The lowest BCUT2D eigenvalue weighted by Crippen LogP contribution is -2.09. The SMILES string of the molecule is CNc1nc(C(Cl)(Cl)Cl)ncc1Br. The minimum atomic E-state index is -1.59. The lowest BCUT2D eigenvalue weighted by atomic mass is 10.5. The molecule has 13 heavy (non-hydrogen) atoms. The molecule has 0 aliphatic rings. The van der Waals surface area contributed by atoms with Crippen LogP contribution in [0, 0.1) is 0 Å². The van der Waals surface area contributed by atoms with Crippen LogP contribution in [0.2, 0.25) is 0 Å². The summed E-state index contributed by atoms with van der Waals surface area (Å²) in [6.07, 6.45) is 1.52. The van der Waals surface area contributed by atoms with Gasteiger partial charge in [0.15, 0.2) is 5.82 Å². The van der Waals surface area contributed by atoms with Crippen molar-refractivity contribution in [1.82, 2.24) is 9.97 Å². The summed E-state index contributed by atoms with van der Waals surface area (Å²) in [6.45, 7) is 0. The van der Waals surface area contributed by atoms with Gasteiger partial charge in [0.05, 0.1) is 4.47 Å². The fourth-order valence-electron chi connectivity index (χ4n) is 0.679. The van der Waals surface area contributed by atoms with Gasteiger partial charge in [-0.25, -0.2) is 9.97 Å². The van der Waals surface area contributed by atoms with Crippen molar-refractivity contribution in [3.63, 3.8) is 0 Å². The fraction of sp³-hybridized carbons (Fsp3) is 0.333. The van der Waals surface area contributed by atoms with E-state index in [-0.39, 0.29) is 5.82 Å². The average Bonchev–Trinajstić information content (AvgIpc) is 2.03. The van der Waals surface area contributed by atoms with Gasteiger partial charge in [-0.15, -0.1) is 0 Å². The monoisotopic (exact) mass is 303 g/mol. The van der Waals surface area contributed by atoms with Crippen LogP contribution in [0.1, 0.15) is 5.82 Å². The van der Waals surface area contributed by atoms with Crippen LogP contribution in [0.15, 0.2) is 10.7 Å². The summed E-state index contributed by atoms with van der Waals surface area (Å²) in [6, 6.07) is 0. The number of nitrogens with zero attached hydrogens (tertiary/aromatic N) is 2. The van der Waals surface area contributed by atoms with Gasteiger partial charge in [-0.2, -0.15) is 0 Å². The summed E-state index contributed by atoms with van der Waals surface area (Å²) in [7, 11) is 1.72. The molecule has 1 N–H and O–H groups in total. The van der Waals surface area contributed by atoms with Gasteiger partial charge in [0.25, 0.3) is 0 Å². The van der Waals surface area contributed by atoms with E-state index in [9.17, 15) is 0 Å². The summed E-state index contributed by atoms with van der Waals surface area (Å²) < 4.78 is -0.875. The van der Waals surface area contributed by atoms with Crippen LogP contribution >= 0.6 is 50.7 Å². The van der Waals surface area contributed by atoms with Crippen molar-refractivity contribution >= 4 is 56.6 Å². The van der Waals surface area contributed by atoms with E-state index in [1.54, 1.807) is 7.05 Å². The van der Waals surface area contributed by atoms with E-state index in [1.165, 1.54) is 6.20 Å². The predicted molar refractivity (Wildman–Crippen MR) is 58.5 cm³/mol. The summed E-state index contributed by atoms with van der Waals surface area (Å²) in [5.41, 5.74) is 0. The maximum Gasteiger partial charge on any atom is 0.250 e. The highest BCUT2D eigenvalue weighted by molar-refractivity contribution is 9.10. The molecule has 7 heteroatoms. The number of rotatable bonds is 1. The zero-order valence-electron chi connectivity index (χ0n) is 6.48. The molecule has 0 saturated heterocycles. The molecule has 1 aromatic rings. The molecule has 0 unspecified atom stereocenters. The Labute approximate surface area is 98.9 Å². The molecule has 0 aromatic carbocycles. The van der Waals surface area contributed by atoms with Gasteiger partial charge in [0.2, 0.25) is 3.79 Å². The number of hydrogen-bond donors (Lipinski definition) is 1. The van der Waals surface area contributed by atoms with Crippen LogP contribution in [0.3, 0.4) is 0 Å². The Morgan fingerprint density at radius 2 is 2.08 bits per heavy atom. The van der Waals surface area contributed by atoms with Crippen LogP contribution in [-0.2, 0) is 3.79 Å². The van der Waals surface area contributed by atoms with Crippen molar-refractivity contribution in [2.75, 3.05) is 12.4 Å². The van der Waals surface area contributed by atoms with Crippen molar-refractivity contribution in [3.05, 3.63) is 16.5 Å². The van der Waals surface area contributed by atoms with Gasteiger partial charge >= 0.3 is 0 Å². The topological polar surface area (TPSA) is 37.8 Å². The molecule has 0 fully saturated rings. The first-order valence-corrected chi connectivity index (χ1v) is 5.15. The highest BCUT2D eigenvalue weighted by atomic mass is 79.9. The lowest BCUT2D eigenvalue weighted by molar-refractivity contribution is 0.964. The molecule has 0 aliphatic carbocycles. The second kappa shape index (κ2) is 4.17. The van der Waals surface area contributed by atoms with E-state index in [0.29, 0.717) is 10.3 Å². The maximum absolute atomic E-state index is 5.60. The zero-order valence-corrected chi connectivity index (χ0v) is 10.3. The second-order valence-electron chi connectivity index (χ2n) is 2.14. The molecule has 3 nitrogen and oxygen atoms in total. The van der Waals surface area contributed by atoms with Crippen molar-refractivity contribution in [3.8, 4) is 0 Å². The minimum Gasteiger partial charge on any atom is -0.372 e. The first-order chi connectivity index (χ1) is 5.95. The van der Waals surface area contributed by atoms with Crippen molar-refractivity contribution in [2.45, 2.75) is 3.79 Å². The Balaban J connectivity index is 3.14. The molecule has 1 aromatic heterocycles. The van der Waals surface area contributed by atoms with Crippen LogP contribution in [0.5, 0.6) is 0 Å². The van der Waals surface area contributed by atoms with Gasteiger partial charge in [-0.3, -0.25) is 0 Å². The van der Waals surface area contributed by atoms with Crippen molar-refractivity contribution < 1.29 is 0 Å². The second-order valence-corrected chi connectivity index (χ2v) is 5.27. The first-order valence-electron chi connectivity index (χ1n) is 3.22. The average molecular weight is 305 g/mol. The molecule has 1 rings (SSSR count). The van der Waals surface area contributed by atoms with Gasteiger partial charge in [0, 0.05) is 13.2 Å².